The van der Waals surface area contributed by atoms with Crippen LogP contribution in [-0.4, -0.2) is 6.04 Å². The third-order valence-corrected chi connectivity index (χ3v) is 8.74. The fourth-order valence-electron chi connectivity index (χ4n) is 6.66. The molecule has 2 heteroatoms. The fraction of sp³-hybridized carbons (Fsp3) is 0.150. The summed E-state index contributed by atoms with van der Waals surface area (Å²) in [6.07, 6.45) is 15.0. The summed E-state index contributed by atoms with van der Waals surface area (Å²) in [5.74, 6) is 0. The normalized spacial score (nSPS) is 15.8. The van der Waals surface area contributed by atoms with Crippen molar-refractivity contribution in [1.82, 2.24) is 0 Å². The van der Waals surface area contributed by atoms with Gasteiger partial charge < -0.3 is 9.80 Å². The first-order chi connectivity index (χ1) is 20.7. The number of nitrogens with zero attached hydrogens (tertiary/aromatic N) is 2. The Labute approximate surface area is 248 Å². The minimum atomic E-state index is 0.232. The second-order valence-electron chi connectivity index (χ2n) is 11.3. The van der Waals surface area contributed by atoms with Crippen LogP contribution in [0.2, 0.25) is 0 Å². The van der Waals surface area contributed by atoms with Crippen LogP contribution in [0.25, 0.3) is 22.9 Å². The van der Waals surface area contributed by atoms with Crippen LogP contribution in [0.15, 0.2) is 133 Å². The van der Waals surface area contributed by atoms with Gasteiger partial charge in [0, 0.05) is 28.4 Å². The van der Waals surface area contributed by atoms with Gasteiger partial charge in [-0.05, 0) is 120 Å². The Hall–Kier alpha value is -4.82. The van der Waals surface area contributed by atoms with E-state index in [0.717, 1.165) is 19.3 Å². The van der Waals surface area contributed by atoms with Crippen molar-refractivity contribution in [2.24, 2.45) is 0 Å². The molecule has 2 aliphatic rings. The lowest BCUT2D eigenvalue weighted by atomic mass is 9.90. The second-order valence-corrected chi connectivity index (χ2v) is 11.3. The first-order valence-corrected chi connectivity index (χ1v) is 15.1. The van der Waals surface area contributed by atoms with Crippen LogP contribution in [0.3, 0.4) is 0 Å². The number of anilines is 4. The molecule has 0 radical (unpaired) electrons. The maximum atomic E-state index is 2.50. The molecule has 1 unspecified atom stereocenters. The summed E-state index contributed by atoms with van der Waals surface area (Å²) in [6, 6.07) is 39.5. The molecule has 2 aliphatic carbocycles. The number of allylic oxidation sites excluding steroid dienone is 3. The van der Waals surface area contributed by atoms with Crippen LogP contribution in [0.5, 0.6) is 0 Å². The average Bonchev–Trinajstić information content (AvgIpc) is 3.06. The van der Waals surface area contributed by atoms with Gasteiger partial charge in [-0.3, -0.25) is 0 Å². The quantitative estimate of drug-likeness (QED) is 0.210. The van der Waals surface area contributed by atoms with E-state index in [1.807, 2.05) is 0 Å². The Morgan fingerprint density at radius 1 is 0.571 bits per heavy atom. The molecule has 0 N–H and O–H groups in total. The molecule has 7 rings (SSSR count). The van der Waals surface area contributed by atoms with Crippen molar-refractivity contribution in [3.63, 3.8) is 0 Å². The molecule has 0 fully saturated rings. The number of fused-ring (bicyclic) bond motifs is 2. The van der Waals surface area contributed by atoms with Crippen LogP contribution in [-0.2, 0) is 0 Å². The first-order valence-electron chi connectivity index (χ1n) is 15.1. The van der Waals surface area contributed by atoms with Crippen LogP contribution < -0.4 is 20.2 Å². The van der Waals surface area contributed by atoms with Crippen molar-refractivity contribution < 1.29 is 0 Å². The van der Waals surface area contributed by atoms with E-state index >= 15 is 0 Å². The zero-order valence-electron chi connectivity index (χ0n) is 24.4. The van der Waals surface area contributed by atoms with Crippen LogP contribution in [0.1, 0.15) is 30.4 Å². The SMILES string of the molecule is Cc1c2c(c(C)c3cc(N(C4=CCCC=C4)c4ccccc4)ccc13)=CCC(N(c1ccccc1)c1ccccc1)C=2. The van der Waals surface area contributed by atoms with Gasteiger partial charge in [0.05, 0.1) is 6.04 Å². The topological polar surface area (TPSA) is 6.48 Å². The van der Waals surface area contributed by atoms with Gasteiger partial charge in [0.15, 0.2) is 0 Å². The number of benzene rings is 5. The van der Waals surface area contributed by atoms with Crippen molar-refractivity contribution in [3.8, 4) is 0 Å². The van der Waals surface area contributed by atoms with E-state index in [1.54, 1.807) is 0 Å². The van der Waals surface area contributed by atoms with Gasteiger partial charge in [0.1, 0.15) is 0 Å². The highest BCUT2D eigenvalue weighted by Gasteiger charge is 2.22. The van der Waals surface area contributed by atoms with Gasteiger partial charge in [-0.1, -0.05) is 85.0 Å². The third-order valence-electron chi connectivity index (χ3n) is 8.74. The molecule has 5 aromatic rings. The second kappa shape index (κ2) is 11.2. The summed E-state index contributed by atoms with van der Waals surface area (Å²) < 4.78 is 0. The Bertz CT molecular complexity index is 1880. The predicted molar refractivity (Wildman–Crippen MR) is 180 cm³/mol. The number of rotatable bonds is 6. The van der Waals surface area contributed by atoms with Gasteiger partial charge in [0.2, 0.25) is 0 Å². The van der Waals surface area contributed by atoms with Gasteiger partial charge >= 0.3 is 0 Å². The molecule has 42 heavy (non-hydrogen) atoms. The standard InChI is InChI=1S/C40H36N2/c1-29-37-25-23-36(42(33-19-11-5-12-20-33)34-21-13-6-14-22-34)28-40(37)30(2)38-26-24-35(27-39(29)38)41(31-15-7-3-8-16-31)32-17-9-4-10-18-32/h3-5,7-13,15-23,25-28,35H,6,14,24H2,1-2H3. The van der Waals surface area contributed by atoms with Crippen molar-refractivity contribution in [3.05, 3.63) is 155 Å². The summed E-state index contributed by atoms with van der Waals surface area (Å²) in [5.41, 5.74) is 8.76. The molecule has 0 bridgehead atoms. The van der Waals surface area contributed by atoms with Crippen molar-refractivity contribution in [2.75, 3.05) is 9.80 Å². The zero-order valence-corrected chi connectivity index (χ0v) is 24.4. The van der Waals surface area contributed by atoms with Crippen LogP contribution >= 0.6 is 0 Å². The number of hydrogen-bond donors (Lipinski definition) is 0. The summed E-state index contributed by atoms with van der Waals surface area (Å²) in [6.45, 7) is 4.59. The maximum absolute atomic E-state index is 2.50. The molecule has 0 saturated heterocycles. The lowest BCUT2D eigenvalue weighted by molar-refractivity contribution is 0.836. The number of para-hydroxylation sites is 3. The van der Waals surface area contributed by atoms with E-state index in [9.17, 15) is 0 Å². The molecule has 0 saturated carbocycles. The van der Waals surface area contributed by atoms with Crippen LogP contribution in [0, 0.1) is 13.8 Å². The van der Waals surface area contributed by atoms with Gasteiger partial charge in [-0.25, -0.2) is 0 Å². The Balaban J connectivity index is 1.36. The summed E-state index contributed by atoms with van der Waals surface area (Å²) >= 11 is 0. The van der Waals surface area contributed by atoms with Crippen molar-refractivity contribution in [2.45, 2.75) is 39.2 Å². The number of hydrogen-bond acceptors (Lipinski definition) is 2. The van der Waals surface area contributed by atoms with E-state index in [-0.39, 0.29) is 6.04 Å². The highest BCUT2D eigenvalue weighted by atomic mass is 15.2. The predicted octanol–water partition coefficient (Wildman–Crippen LogP) is 9.00. The Morgan fingerprint density at radius 2 is 1.19 bits per heavy atom. The van der Waals surface area contributed by atoms with E-state index in [0.29, 0.717) is 0 Å². The lowest BCUT2D eigenvalue weighted by Gasteiger charge is -2.33. The fourth-order valence-corrected chi connectivity index (χ4v) is 6.66. The smallest absolute Gasteiger partial charge is 0.0566 e. The molecular formula is C40H36N2. The van der Waals surface area contributed by atoms with E-state index in [2.05, 4.69) is 163 Å². The molecule has 5 aromatic carbocycles. The molecule has 0 amide bonds. The van der Waals surface area contributed by atoms with Gasteiger partial charge in [-0.15, -0.1) is 0 Å². The minimum Gasteiger partial charge on any atom is -0.334 e. The van der Waals surface area contributed by atoms with E-state index in [1.165, 1.54) is 60.8 Å². The third kappa shape index (κ3) is 4.73. The molecule has 0 heterocycles. The minimum absolute atomic E-state index is 0.232. The van der Waals surface area contributed by atoms with Crippen LogP contribution in [0.4, 0.5) is 22.7 Å². The molecule has 206 valence electrons. The zero-order chi connectivity index (χ0) is 28.5. The highest BCUT2D eigenvalue weighted by Crippen LogP contribution is 2.35. The molecule has 0 aromatic heterocycles. The van der Waals surface area contributed by atoms with Crippen molar-refractivity contribution in [1.29, 1.82) is 0 Å². The van der Waals surface area contributed by atoms with Crippen molar-refractivity contribution >= 4 is 45.7 Å². The largest absolute Gasteiger partial charge is 0.334 e. The molecular weight excluding hydrogens is 508 g/mol. The Morgan fingerprint density at radius 3 is 1.81 bits per heavy atom. The van der Waals surface area contributed by atoms with E-state index in [4.69, 9.17) is 0 Å². The summed E-state index contributed by atoms with van der Waals surface area (Å²) in [7, 11) is 0. The van der Waals surface area contributed by atoms with E-state index < -0.39 is 0 Å². The molecule has 0 spiro atoms. The molecule has 2 nitrogen and oxygen atoms in total. The molecule has 0 aliphatic heterocycles. The molecule has 1 atom stereocenters. The summed E-state index contributed by atoms with van der Waals surface area (Å²) in [5, 5.41) is 5.39. The van der Waals surface area contributed by atoms with Gasteiger partial charge in [-0.2, -0.15) is 0 Å². The highest BCUT2D eigenvalue weighted by molar-refractivity contribution is 5.93. The lowest BCUT2D eigenvalue weighted by Crippen LogP contribution is -2.40. The average molecular weight is 545 g/mol. The number of aryl methyl sites for hydroxylation is 2. The summed E-state index contributed by atoms with van der Waals surface area (Å²) in [4.78, 5) is 4.87. The van der Waals surface area contributed by atoms with Gasteiger partial charge in [0.25, 0.3) is 0 Å². The maximum Gasteiger partial charge on any atom is 0.0566 e. The Kier molecular flexibility index (Phi) is 6.97. The monoisotopic (exact) mass is 544 g/mol. The first kappa shape index (κ1) is 26.1.